The molecule has 1 fully saturated rings. The van der Waals surface area contributed by atoms with E-state index < -0.39 is 44.4 Å². The summed E-state index contributed by atoms with van der Waals surface area (Å²) in [5, 5.41) is 12.8. The molecule has 1 amide bonds. The Kier molecular flexibility index (Phi) is 5.91. The summed E-state index contributed by atoms with van der Waals surface area (Å²) in [6.07, 6.45) is 1.09. The molecule has 2 aliphatic heterocycles. The average molecular weight is 481 g/mol. The van der Waals surface area contributed by atoms with Crippen molar-refractivity contribution in [2.75, 3.05) is 23.2 Å². The lowest BCUT2D eigenvalue weighted by atomic mass is 10.1. The summed E-state index contributed by atoms with van der Waals surface area (Å²) in [6.45, 7) is 3.74. The van der Waals surface area contributed by atoms with E-state index in [0.29, 0.717) is 12.8 Å². The SMILES string of the molecule is CC1(C)OCCn2c1nc(C(=O)NCc1cccc(F)c1N1CCCCS1(=O)=O)c(O)c2=O. The third kappa shape index (κ3) is 4.20. The number of halogens is 1. The molecule has 178 valence electrons. The minimum Gasteiger partial charge on any atom is -0.501 e. The monoisotopic (exact) mass is 480 g/mol. The first-order chi connectivity index (χ1) is 15.5. The van der Waals surface area contributed by atoms with Crippen molar-refractivity contribution in [3.8, 4) is 5.75 Å². The largest absolute Gasteiger partial charge is 0.501 e. The molecule has 0 unspecified atom stereocenters. The first-order valence-electron chi connectivity index (χ1n) is 10.6. The molecule has 1 saturated heterocycles. The molecule has 0 aliphatic carbocycles. The second-order valence-corrected chi connectivity index (χ2v) is 10.5. The van der Waals surface area contributed by atoms with Crippen LogP contribution in [0.2, 0.25) is 0 Å². The van der Waals surface area contributed by atoms with E-state index in [1.807, 2.05) is 0 Å². The summed E-state index contributed by atoms with van der Waals surface area (Å²) in [6, 6.07) is 4.08. The molecule has 0 bridgehead atoms. The summed E-state index contributed by atoms with van der Waals surface area (Å²) in [7, 11) is -3.68. The van der Waals surface area contributed by atoms with Gasteiger partial charge in [0, 0.05) is 13.1 Å². The first-order valence-corrected chi connectivity index (χ1v) is 12.2. The number of hydrogen-bond acceptors (Lipinski definition) is 7. The predicted octanol–water partition coefficient (Wildman–Crippen LogP) is 1.21. The van der Waals surface area contributed by atoms with Gasteiger partial charge >= 0.3 is 0 Å². The molecule has 0 saturated carbocycles. The van der Waals surface area contributed by atoms with Gasteiger partial charge in [0.25, 0.3) is 11.5 Å². The van der Waals surface area contributed by atoms with Gasteiger partial charge in [0.2, 0.25) is 15.8 Å². The maximum atomic E-state index is 14.7. The number of rotatable bonds is 4. The van der Waals surface area contributed by atoms with Crippen LogP contribution in [0.3, 0.4) is 0 Å². The second-order valence-electron chi connectivity index (χ2n) is 8.47. The number of para-hydroxylation sites is 1. The Hall–Kier alpha value is -2.99. The molecule has 4 rings (SSSR count). The molecule has 1 aromatic carbocycles. The summed E-state index contributed by atoms with van der Waals surface area (Å²) in [4.78, 5) is 29.6. The fourth-order valence-corrected chi connectivity index (χ4v) is 5.79. The number of nitrogens with one attached hydrogen (secondary N) is 1. The van der Waals surface area contributed by atoms with Crippen LogP contribution in [0.15, 0.2) is 23.0 Å². The number of aromatic nitrogens is 2. The molecule has 12 heteroatoms. The minimum absolute atomic E-state index is 0.0815. The third-order valence-electron chi connectivity index (χ3n) is 5.79. The summed E-state index contributed by atoms with van der Waals surface area (Å²) < 4.78 is 47.6. The maximum absolute atomic E-state index is 14.7. The van der Waals surface area contributed by atoms with Crippen LogP contribution in [0.5, 0.6) is 5.75 Å². The summed E-state index contributed by atoms with van der Waals surface area (Å²) >= 11 is 0. The van der Waals surface area contributed by atoms with Gasteiger partial charge in [0.1, 0.15) is 17.2 Å². The Morgan fingerprint density at radius 1 is 1.30 bits per heavy atom. The van der Waals surface area contributed by atoms with E-state index in [4.69, 9.17) is 4.74 Å². The van der Waals surface area contributed by atoms with Gasteiger partial charge < -0.3 is 15.2 Å². The van der Waals surface area contributed by atoms with Gasteiger partial charge in [-0.25, -0.2) is 17.8 Å². The smallest absolute Gasteiger partial charge is 0.296 e. The molecular formula is C21H25FN4O6S. The van der Waals surface area contributed by atoms with Gasteiger partial charge in [-0.1, -0.05) is 12.1 Å². The van der Waals surface area contributed by atoms with Crippen LogP contribution < -0.4 is 15.2 Å². The Bertz CT molecular complexity index is 1270. The summed E-state index contributed by atoms with van der Waals surface area (Å²) in [5.41, 5.74) is -2.06. The topological polar surface area (TPSA) is 131 Å². The van der Waals surface area contributed by atoms with Gasteiger partial charge in [-0.15, -0.1) is 0 Å². The number of hydrogen-bond donors (Lipinski definition) is 2. The fraction of sp³-hybridized carbons (Fsp3) is 0.476. The molecule has 10 nitrogen and oxygen atoms in total. The number of benzene rings is 1. The number of carbonyl (C=O) groups excluding carboxylic acids is 1. The standard InChI is InChI=1S/C21H25FN4O6S/c1-21(2)20-24-15(17(27)19(29)25(20)9-10-32-21)18(28)23-12-13-6-5-7-14(22)16(13)26-8-3-4-11-33(26,30)31/h5-7,27H,3-4,8-12H2,1-2H3,(H,23,28). The van der Waals surface area contributed by atoms with Crippen molar-refractivity contribution in [2.45, 2.75) is 45.4 Å². The number of anilines is 1. The normalized spacial score (nSPS) is 19.1. The van der Waals surface area contributed by atoms with E-state index in [1.54, 1.807) is 13.8 Å². The van der Waals surface area contributed by atoms with Crippen molar-refractivity contribution in [1.82, 2.24) is 14.9 Å². The van der Waals surface area contributed by atoms with Crippen LogP contribution in [0.1, 0.15) is 48.6 Å². The van der Waals surface area contributed by atoms with Gasteiger partial charge in [0.15, 0.2) is 5.69 Å². The van der Waals surface area contributed by atoms with Crippen LogP contribution in [0.4, 0.5) is 10.1 Å². The highest BCUT2D eigenvalue weighted by Gasteiger charge is 2.34. The van der Waals surface area contributed by atoms with Crippen molar-refractivity contribution in [3.05, 3.63) is 51.5 Å². The second kappa shape index (κ2) is 8.41. The van der Waals surface area contributed by atoms with Gasteiger partial charge in [-0.05, 0) is 38.3 Å². The average Bonchev–Trinajstić information content (AvgIpc) is 2.75. The molecule has 2 aromatic rings. The lowest BCUT2D eigenvalue weighted by Gasteiger charge is -2.32. The van der Waals surface area contributed by atoms with E-state index in [-0.39, 0.29) is 49.1 Å². The quantitative estimate of drug-likeness (QED) is 0.673. The number of ether oxygens (including phenoxy) is 1. The van der Waals surface area contributed by atoms with Crippen molar-refractivity contribution in [3.63, 3.8) is 0 Å². The van der Waals surface area contributed by atoms with E-state index in [1.165, 1.54) is 16.7 Å². The number of sulfonamides is 1. The van der Waals surface area contributed by atoms with Crippen LogP contribution in [0.25, 0.3) is 0 Å². The van der Waals surface area contributed by atoms with E-state index in [2.05, 4.69) is 10.3 Å². The van der Waals surface area contributed by atoms with Crippen molar-refractivity contribution < 1.29 is 27.4 Å². The lowest BCUT2D eigenvalue weighted by molar-refractivity contribution is -0.0566. The van der Waals surface area contributed by atoms with Gasteiger partial charge in [-0.3, -0.25) is 18.5 Å². The number of amides is 1. The molecule has 2 N–H and O–H groups in total. The highest BCUT2D eigenvalue weighted by Crippen LogP contribution is 2.31. The predicted molar refractivity (Wildman–Crippen MR) is 117 cm³/mol. The highest BCUT2D eigenvalue weighted by molar-refractivity contribution is 7.92. The van der Waals surface area contributed by atoms with Crippen LogP contribution >= 0.6 is 0 Å². The number of nitrogens with zero attached hydrogens (tertiary/aromatic N) is 3. The maximum Gasteiger partial charge on any atom is 0.296 e. The number of aromatic hydroxyl groups is 1. The van der Waals surface area contributed by atoms with Crippen LogP contribution in [0, 0.1) is 5.82 Å². The zero-order valence-electron chi connectivity index (χ0n) is 18.3. The van der Waals surface area contributed by atoms with Crippen molar-refractivity contribution >= 4 is 21.6 Å². The number of fused-ring (bicyclic) bond motifs is 1. The van der Waals surface area contributed by atoms with E-state index in [0.717, 1.165) is 10.4 Å². The molecular weight excluding hydrogens is 455 g/mol. The molecule has 1 aromatic heterocycles. The molecule has 3 heterocycles. The van der Waals surface area contributed by atoms with E-state index in [9.17, 15) is 27.5 Å². The lowest BCUT2D eigenvalue weighted by Crippen LogP contribution is -2.42. The Morgan fingerprint density at radius 3 is 2.79 bits per heavy atom. The first kappa shape index (κ1) is 23.2. The third-order valence-corrected chi connectivity index (χ3v) is 7.63. The highest BCUT2D eigenvalue weighted by atomic mass is 32.2. The van der Waals surface area contributed by atoms with E-state index >= 15 is 0 Å². The fourth-order valence-electron chi connectivity index (χ4n) is 4.11. The molecule has 33 heavy (non-hydrogen) atoms. The number of carbonyl (C=O) groups is 1. The van der Waals surface area contributed by atoms with Crippen molar-refractivity contribution in [1.29, 1.82) is 0 Å². The van der Waals surface area contributed by atoms with Crippen LogP contribution in [-0.2, 0) is 33.5 Å². The Balaban J connectivity index is 1.64. The molecule has 0 spiro atoms. The summed E-state index contributed by atoms with van der Waals surface area (Å²) in [5.74, 6) is -2.26. The zero-order valence-corrected chi connectivity index (χ0v) is 19.1. The molecule has 0 atom stereocenters. The zero-order chi connectivity index (χ0) is 24.0. The minimum atomic E-state index is -3.68. The Labute approximate surface area is 190 Å². The van der Waals surface area contributed by atoms with Gasteiger partial charge in [0.05, 0.1) is 24.6 Å². The van der Waals surface area contributed by atoms with Gasteiger partial charge in [-0.2, -0.15) is 0 Å². The molecule has 2 aliphatic rings. The Morgan fingerprint density at radius 2 is 2.06 bits per heavy atom. The van der Waals surface area contributed by atoms with Crippen LogP contribution in [-0.4, -0.2) is 47.9 Å². The van der Waals surface area contributed by atoms with Crippen molar-refractivity contribution in [2.24, 2.45) is 0 Å². The molecule has 0 radical (unpaired) electrons.